The SMILES string of the molecule is Clc1ccc(Nc2c(-c3ccc(Cl)cc3)nc3ncccn23)cc1. The predicted molar refractivity (Wildman–Crippen MR) is 98.2 cm³/mol. The molecule has 2 aromatic carbocycles. The molecule has 0 amide bonds. The van der Waals surface area contributed by atoms with E-state index in [1.807, 2.05) is 65.2 Å². The van der Waals surface area contributed by atoms with Gasteiger partial charge >= 0.3 is 0 Å². The molecule has 2 aromatic heterocycles. The zero-order valence-corrected chi connectivity index (χ0v) is 14.0. The summed E-state index contributed by atoms with van der Waals surface area (Å²) in [4.78, 5) is 8.97. The van der Waals surface area contributed by atoms with Crippen LogP contribution < -0.4 is 5.32 Å². The first-order chi connectivity index (χ1) is 11.7. The van der Waals surface area contributed by atoms with E-state index in [-0.39, 0.29) is 0 Å². The molecule has 6 heteroatoms. The monoisotopic (exact) mass is 354 g/mol. The Morgan fingerprint density at radius 2 is 1.54 bits per heavy atom. The van der Waals surface area contributed by atoms with E-state index in [1.54, 1.807) is 6.20 Å². The van der Waals surface area contributed by atoms with Crippen LogP contribution in [0.4, 0.5) is 11.5 Å². The summed E-state index contributed by atoms with van der Waals surface area (Å²) in [6.45, 7) is 0. The lowest BCUT2D eigenvalue weighted by Crippen LogP contribution is -1.97. The van der Waals surface area contributed by atoms with Gasteiger partial charge in [0.15, 0.2) is 0 Å². The lowest BCUT2D eigenvalue weighted by atomic mass is 10.1. The highest BCUT2D eigenvalue weighted by molar-refractivity contribution is 6.30. The summed E-state index contributed by atoms with van der Waals surface area (Å²) < 4.78 is 1.92. The summed E-state index contributed by atoms with van der Waals surface area (Å²) in [5.41, 5.74) is 2.68. The molecule has 0 bridgehead atoms. The van der Waals surface area contributed by atoms with Crippen LogP contribution in [-0.2, 0) is 0 Å². The molecule has 0 radical (unpaired) electrons. The minimum absolute atomic E-state index is 0.624. The molecule has 24 heavy (non-hydrogen) atoms. The quantitative estimate of drug-likeness (QED) is 0.532. The summed E-state index contributed by atoms with van der Waals surface area (Å²) in [6.07, 6.45) is 3.65. The Balaban J connectivity index is 1.86. The van der Waals surface area contributed by atoms with Gasteiger partial charge in [0, 0.05) is 33.7 Å². The maximum Gasteiger partial charge on any atom is 0.235 e. The van der Waals surface area contributed by atoms with Crippen LogP contribution in [0.5, 0.6) is 0 Å². The van der Waals surface area contributed by atoms with E-state index in [4.69, 9.17) is 23.2 Å². The zero-order valence-electron chi connectivity index (χ0n) is 12.4. The van der Waals surface area contributed by atoms with Gasteiger partial charge < -0.3 is 5.32 Å². The van der Waals surface area contributed by atoms with Crippen molar-refractivity contribution in [1.29, 1.82) is 0 Å². The van der Waals surface area contributed by atoms with Gasteiger partial charge in [-0.25, -0.2) is 9.97 Å². The molecule has 4 aromatic rings. The van der Waals surface area contributed by atoms with Gasteiger partial charge in [-0.05, 0) is 42.5 Å². The zero-order chi connectivity index (χ0) is 16.5. The van der Waals surface area contributed by atoms with Crippen LogP contribution >= 0.6 is 23.2 Å². The molecule has 4 nitrogen and oxygen atoms in total. The maximum atomic E-state index is 6.00. The second-order valence-electron chi connectivity index (χ2n) is 5.24. The Labute approximate surface area is 148 Å². The van der Waals surface area contributed by atoms with Gasteiger partial charge in [-0.15, -0.1) is 0 Å². The highest BCUT2D eigenvalue weighted by Crippen LogP contribution is 2.31. The van der Waals surface area contributed by atoms with Crippen LogP contribution in [0.2, 0.25) is 10.0 Å². The third kappa shape index (κ3) is 2.82. The number of hydrogen-bond donors (Lipinski definition) is 1. The Morgan fingerprint density at radius 1 is 0.875 bits per heavy atom. The van der Waals surface area contributed by atoms with Crippen molar-refractivity contribution in [3.63, 3.8) is 0 Å². The lowest BCUT2D eigenvalue weighted by molar-refractivity contribution is 1.11. The van der Waals surface area contributed by atoms with Gasteiger partial charge in [0.05, 0.1) is 0 Å². The fourth-order valence-corrected chi connectivity index (χ4v) is 2.74. The molecular weight excluding hydrogens is 343 g/mol. The predicted octanol–water partition coefficient (Wildman–Crippen LogP) is 5.45. The molecule has 0 unspecified atom stereocenters. The number of aromatic nitrogens is 3. The van der Waals surface area contributed by atoms with E-state index < -0.39 is 0 Å². The van der Waals surface area contributed by atoms with Crippen LogP contribution in [0.25, 0.3) is 17.0 Å². The minimum atomic E-state index is 0.624. The number of imidazole rings is 1. The number of fused-ring (bicyclic) bond motifs is 1. The molecule has 1 N–H and O–H groups in total. The number of nitrogens with one attached hydrogen (secondary N) is 1. The van der Waals surface area contributed by atoms with Crippen molar-refractivity contribution >= 4 is 40.5 Å². The molecule has 0 spiro atoms. The van der Waals surface area contributed by atoms with Crippen LogP contribution in [-0.4, -0.2) is 14.4 Å². The normalized spacial score (nSPS) is 10.9. The molecule has 0 aliphatic heterocycles. The van der Waals surface area contributed by atoms with Crippen LogP contribution in [0.1, 0.15) is 0 Å². The lowest BCUT2D eigenvalue weighted by Gasteiger charge is -2.09. The van der Waals surface area contributed by atoms with Gasteiger partial charge in [-0.1, -0.05) is 35.3 Å². The molecule has 2 heterocycles. The van der Waals surface area contributed by atoms with E-state index in [9.17, 15) is 0 Å². The number of halogens is 2. The standard InChI is InChI=1S/C18H12Cl2N4/c19-13-4-2-12(3-5-13)16-17(22-15-8-6-14(20)7-9-15)24-11-1-10-21-18(24)23-16/h1-11,22H. The summed E-state index contributed by atoms with van der Waals surface area (Å²) >= 11 is 12.0. The second kappa shape index (κ2) is 6.15. The average Bonchev–Trinajstić information content (AvgIpc) is 2.96. The third-order valence-electron chi connectivity index (χ3n) is 3.63. The first-order valence-electron chi connectivity index (χ1n) is 7.32. The van der Waals surface area contributed by atoms with Crippen molar-refractivity contribution < 1.29 is 0 Å². The summed E-state index contributed by atoms with van der Waals surface area (Å²) in [7, 11) is 0. The Kier molecular flexibility index (Phi) is 3.84. The van der Waals surface area contributed by atoms with E-state index in [0.29, 0.717) is 15.8 Å². The Bertz CT molecular complexity index is 992. The highest BCUT2D eigenvalue weighted by Gasteiger charge is 2.15. The van der Waals surface area contributed by atoms with Gasteiger partial charge in [0.2, 0.25) is 5.78 Å². The molecule has 0 aliphatic carbocycles. The molecular formula is C18H12Cl2N4. The molecule has 0 saturated heterocycles. The largest absolute Gasteiger partial charge is 0.339 e. The highest BCUT2D eigenvalue weighted by atomic mass is 35.5. The molecule has 0 aliphatic rings. The van der Waals surface area contributed by atoms with E-state index in [1.165, 1.54) is 0 Å². The van der Waals surface area contributed by atoms with Gasteiger partial charge in [0.25, 0.3) is 0 Å². The number of anilines is 2. The first kappa shape index (κ1) is 15.0. The molecule has 0 atom stereocenters. The van der Waals surface area contributed by atoms with Gasteiger partial charge in [-0.2, -0.15) is 0 Å². The van der Waals surface area contributed by atoms with Gasteiger partial charge in [0.1, 0.15) is 11.5 Å². The fourth-order valence-electron chi connectivity index (χ4n) is 2.49. The average molecular weight is 355 g/mol. The van der Waals surface area contributed by atoms with Crippen molar-refractivity contribution in [2.24, 2.45) is 0 Å². The molecule has 0 saturated carbocycles. The number of benzene rings is 2. The van der Waals surface area contributed by atoms with E-state index in [2.05, 4.69) is 15.3 Å². The van der Waals surface area contributed by atoms with Crippen molar-refractivity contribution in [2.45, 2.75) is 0 Å². The van der Waals surface area contributed by atoms with Crippen molar-refractivity contribution in [3.05, 3.63) is 77.0 Å². The smallest absolute Gasteiger partial charge is 0.235 e. The summed E-state index contributed by atoms with van der Waals surface area (Å²) in [5.74, 6) is 1.46. The van der Waals surface area contributed by atoms with E-state index >= 15 is 0 Å². The maximum absolute atomic E-state index is 6.00. The number of hydrogen-bond acceptors (Lipinski definition) is 3. The van der Waals surface area contributed by atoms with Crippen LogP contribution in [0.15, 0.2) is 67.0 Å². The first-order valence-corrected chi connectivity index (χ1v) is 8.08. The van der Waals surface area contributed by atoms with Crippen molar-refractivity contribution in [2.75, 3.05) is 5.32 Å². The summed E-state index contributed by atoms with van der Waals surface area (Å²) in [5, 5.41) is 4.79. The Morgan fingerprint density at radius 3 is 2.25 bits per heavy atom. The summed E-state index contributed by atoms with van der Waals surface area (Å²) in [6, 6.07) is 17.0. The molecule has 0 fully saturated rings. The van der Waals surface area contributed by atoms with E-state index in [0.717, 1.165) is 22.8 Å². The Hall–Kier alpha value is -2.56. The minimum Gasteiger partial charge on any atom is -0.339 e. The number of rotatable bonds is 3. The van der Waals surface area contributed by atoms with Gasteiger partial charge in [-0.3, -0.25) is 4.40 Å². The topological polar surface area (TPSA) is 42.2 Å². The van der Waals surface area contributed by atoms with Crippen molar-refractivity contribution in [3.8, 4) is 11.3 Å². The molecule has 118 valence electrons. The van der Waals surface area contributed by atoms with Crippen LogP contribution in [0, 0.1) is 0 Å². The second-order valence-corrected chi connectivity index (χ2v) is 6.11. The third-order valence-corrected chi connectivity index (χ3v) is 4.13. The molecule has 4 rings (SSSR count). The van der Waals surface area contributed by atoms with Crippen molar-refractivity contribution in [1.82, 2.24) is 14.4 Å². The number of nitrogens with zero attached hydrogens (tertiary/aromatic N) is 3. The fraction of sp³-hybridized carbons (Fsp3) is 0. The van der Waals surface area contributed by atoms with Crippen LogP contribution in [0.3, 0.4) is 0 Å².